The Labute approximate surface area is 88.3 Å². The highest BCUT2D eigenvalue weighted by Crippen LogP contribution is 2.23. The quantitative estimate of drug-likeness (QED) is 0.773. The van der Waals surface area contributed by atoms with Crippen LogP contribution in [-0.2, 0) is 19.9 Å². The van der Waals surface area contributed by atoms with E-state index in [-0.39, 0.29) is 18.1 Å². The van der Waals surface area contributed by atoms with E-state index in [0.717, 1.165) is 36.9 Å². The topological polar surface area (TPSA) is 55.1 Å². The number of fused-ring (bicyclic) bond motifs is 1. The average molecular weight is 217 g/mol. The van der Waals surface area contributed by atoms with Crippen molar-refractivity contribution in [1.82, 2.24) is 9.78 Å². The lowest BCUT2D eigenvalue weighted by molar-refractivity contribution is 0.0688. The molecule has 0 bridgehead atoms. The van der Waals surface area contributed by atoms with Crippen LogP contribution in [0.3, 0.4) is 0 Å². The van der Waals surface area contributed by atoms with Crippen LogP contribution in [0.4, 0.5) is 0 Å². The van der Waals surface area contributed by atoms with Gasteiger partial charge < -0.3 is 5.11 Å². The smallest absolute Gasteiger partial charge is 0.356 e. The molecule has 0 spiro atoms. The molecule has 0 saturated heterocycles. The third-order valence-corrected chi connectivity index (χ3v) is 2.57. The molecule has 1 heterocycles. The predicted octanol–water partition coefficient (Wildman–Crippen LogP) is 1.42. The molecule has 0 aliphatic heterocycles. The Balaban J connectivity index is 0.000000980. The van der Waals surface area contributed by atoms with Crippen LogP contribution in [-0.4, -0.2) is 20.9 Å². The zero-order valence-corrected chi connectivity index (χ0v) is 8.80. The molecule has 0 aromatic carbocycles. The second-order valence-electron chi connectivity index (χ2n) is 3.41. The van der Waals surface area contributed by atoms with Crippen molar-refractivity contribution in [2.24, 2.45) is 7.05 Å². The minimum absolute atomic E-state index is 0. The van der Waals surface area contributed by atoms with Gasteiger partial charge in [-0.1, -0.05) is 0 Å². The molecule has 0 unspecified atom stereocenters. The lowest BCUT2D eigenvalue weighted by Gasteiger charge is -2.11. The molecular formula is C9H13ClN2O2. The number of hydrogen-bond acceptors (Lipinski definition) is 2. The summed E-state index contributed by atoms with van der Waals surface area (Å²) in [5.74, 6) is -0.904. The van der Waals surface area contributed by atoms with E-state index in [9.17, 15) is 4.79 Å². The minimum Gasteiger partial charge on any atom is -0.476 e. The van der Waals surface area contributed by atoms with Crippen molar-refractivity contribution in [3.63, 3.8) is 0 Å². The zero-order valence-electron chi connectivity index (χ0n) is 7.99. The number of aromatic nitrogens is 2. The number of halogens is 1. The molecule has 14 heavy (non-hydrogen) atoms. The highest BCUT2D eigenvalue weighted by Gasteiger charge is 2.22. The first-order valence-corrected chi connectivity index (χ1v) is 4.48. The lowest BCUT2D eigenvalue weighted by atomic mass is 9.96. The van der Waals surface area contributed by atoms with Crippen molar-refractivity contribution in [1.29, 1.82) is 0 Å². The molecule has 2 rings (SSSR count). The summed E-state index contributed by atoms with van der Waals surface area (Å²) in [5.41, 5.74) is 2.29. The Hall–Kier alpha value is -1.03. The van der Waals surface area contributed by atoms with Crippen LogP contribution in [0.15, 0.2) is 0 Å². The molecular weight excluding hydrogens is 204 g/mol. The van der Waals surface area contributed by atoms with Crippen molar-refractivity contribution >= 4 is 18.4 Å². The number of aryl methyl sites for hydroxylation is 1. The van der Waals surface area contributed by atoms with Crippen LogP contribution < -0.4 is 0 Å². The Morgan fingerprint density at radius 2 is 2.07 bits per heavy atom. The van der Waals surface area contributed by atoms with Crippen LogP contribution in [0.25, 0.3) is 0 Å². The predicted molar refractivity (Wildman–Crippen MR) is 54.1 cm³/mol. The van der Waals surface area contributed by atoms with Crippen LogP contribution in [0.1, 0.15) is 34.6 Å². The van der Waals surface area contributed by atoms with Gasteiger partial charge in [0.05, 0.1) is 0 Å². The maximum atomic E-state index is 10.8. The summed E-state index contributed by atoms with van der Waals surface area (Å²) >= 11 is 0. The summed E-state index contributed by atoms with van der Waals surface area (Å²) in [7, 11) is 1.82. The van der Waals surface area contributed by atoms with Crippen molar-refractivity contribution in [3.8, 4) is 0 Å². The first kappa shape index (κ1) is 11.0. The van der Waals surface area contributed by atoms with Gasteiger partial charge in [0.15, 0.2) is 5.69 Å². The number of carboxylic acids is 1. The highest BCUT2D eigenvalue weighted by molar-refractivity contribution is 5.87. The highest BCUT2D eigenvalue weighted by atomic mass is 35.5. The van der Waals surface area contributed by atoms with Crippen molar-refractivity contribution < 1.29 is 9.90 Å². The molecule has 1 aromatic heterocycles. The molecule has 4 nitrogen and oxygen atoms in total. The Morgan fingerprint density at radius 1 is 1.43 bits per heavy atom. The van der Waals surface area contributed by atoms with Gasteiger partial charge in [-0.3, -0.25) is 4.68 Å². The van der Waals surface area contributed by atoms with E-state index in [0.29, 0.717) is 0 Å². The first-order valence-electron chi connectivity index (χ1n) is 4.48. The molecule has 78 valence electrons. The molecule has 0 radical (unpaired) electrons. The summed E-state index contributed by atoms with van der Waals surface area (Å²) in [6.07, 6.45) is 4.06. The molecule has 1 aliphatic carbocycles. The number of carboxylic acid groups (broad SMARTS) is 1. The molecule has 0 atom stereocenters. The monoisotopic (exact) mass is 216 g/mol. The van der Waals surface area contributed by atoms with Gasteiger partial charge in [0.25, 0.3) is 0 Å². The summed E-state index contributed by atoms with van der Waals surface area (Å²) < 4.78 is 1.71. The molecule has 0 amide bonds. The van der Waals surface area contributed by atoms with Crippen molar-refractivity contribution in [3.05, 3.63) is 17.0 Å². The maximum Gasteiger partial charge on any atom is 0.356 e. The SMILES string of the molecule is Cl.Cn1nc(C(=O)O)c2c1CCCC2. The molecule has 0 fully saturated rings. The fraction of sp³-hybridized carbons (Fsp3) is 0.556. The zero-order chi connectivity index (χ0) is 9.42. The van der Waals surface area contributed by atoms with Crippen LogP contribution in [0, 0.1) is 0 Å². The van der Waals surface area contributed by atoms with Crippen molar-refractivity contribution in [2.45, 2.75) is 25.7 Å². The van der Waals surface area contributed by atoms with E-state index >= 15 is 0 Å². The number of nitrogens with zero attached hydrogens (tertiary/aromatic N) is 2. The summed E-state index contributed by atoms with van der Waals surface area (Å²) in [6, 6.07) is 0. The van der Waals surface area contributed by atoms with E-state index in [4.69, 9.17) is 5.11 Å². The van der Waals surface area contributed by atoms with Gasteiger partial charge in [-0.25, -0.2) is 4.79 Å². The van der Waals surface area contributed by atoms with Gasteiger partial charge in [-0.15, -0.1) is 12.4 Å². The second-order valence-corrected chi connectivity index (χ2v) is 3.41. The van der Waals surface area contributed by atoms with Crippen LogP contribution >= 0.6 is 12.4 Å². The average Bonchev–Trinajstić information content (AvgIpc) is 2.45. The minimum atomic E-state index is -0.904. The Kier molecular flexibility index (Phi) is 3.16. The third kappa shape index (κ3) is 1.62. The summed E-state index contributed by atoms with van der Waals surface area (Å²) in [4.78, 5) is 10.8. The summed E-state index contributed by atoms with van der Waals surface area (Å²) in [5, 5.41) is 12.9. The van der Waals surface area contributed by atoms with Gasteiger partial charge in [0, 0.05) is 18.3 Å². The van der Waals surface area contributed by atoms with E-state index in [2.05, 4.69) is 5.10 Å². The second kappa shape index (κ2) is 4.00. The third-order valence-electron chi connectivity index (χ3n) is 2.57. The fourth-order valence-corrected chi connectivity index (χ4v) is 1.94. The molecule has 1 N–H and O–H groups in total. The molecule has 5 heteroatoms. The number of hydrogen-bond donors (Lipinski definition) is 1. The number of rotatable bonds is 1. The largest absolute Gasteiger partial charge is 0.476 e. The van der Waals surface area contributed by atoms with E-state index in [1.165, 1.54) is 0 Å². The Morgan fingerprint density at radius 3 is 2.71 bits per heavy atom. The van der Waals surface area contributed by atoms with Crippen LogP contribution in [0.2, 0.25) is 0 Å². The number of carbonyl (C=O) groups is 1. The molecule has 0 saturated carbocycles. The van der Waals surface area contributed by atoms with Gasteiger partial charge in [-0.2, -0.15) is 5.10 Å². The van der Waals surface area contributed by atoms with E-state index in [1.54, 1.807) is 4.68 Å². The molecule has 1 aromatic rings. The standard InChI is InChI=1S/C9H12N2O2.ClH/c1-11-7-5-3-2-4-6(7)8(10-11)9(12)13;/h2-5H2,1H3,(H,12,13);1H. The van der Waals surface area contributed by atoms with E-state index < -0.39 is 5.97 Å². The van der Waals surface area contributed by atoms with Gasteiger partial charge in [0.1, 0.15) is 0 Å². The van der Waals surface area contributed by atoms with Gasteiger partial charge >= 0.3 is 5.97 Å². The van der Waals surface area contributed by atoms with Crippen molar-refractivity contribution in [2.75, 3.05) is 0 Å². The first-order chi connectivity index (χ1) is 6.20. The van der Waals surface area contributed by atoms with Gasteiger partial charge in [0.2, 0.25) is 0 Å². The molecule has 1 aliphatic rings. The Bertz CT molecular complexity index is 360. The maximum absolute atomic E-state index is 10.8. The summed E-state index contributed by atoms with van der Waals surface area (Å²) in [6.45, 7) is 0. The van der Waals surface area contributed by atoms with E-state index in [1.807, 2.05) is 7.05 Å². The fourth-order valence-electron chi connectivity index (χ4n) is 1.94. The van der Waals surface area contributed by atoms with Crippen LogP contribution in [0.5, 0.6) is 0 Å². The lowest BCUT2D eigenvalue weighted by Crippen LogP contribution is -2.07. The normalized spacial score (nSPS) is 14.4. The van der Waals surface area contributed by atoms with Gasteiger partial charge in [-0.05, 0) is 25.7 Å². The number of aromatic carboxylic acids is 1.